The summed E-state index contributed by atoms with van der Waals surface area (Å²) in [5.74, 6) is -0.577. The van der Waals surface area contributed by atoms with Crippen molar-refractivity contribution in [3.63, 3.8) is 0 Å². The lowest BCUT2D eigenvalue weighted by atomic mass is 9.93. The average Bonchev–Trinajstić information content (AvgIpc) is 2.74. The number of sulfone groups is 1. The molecule has 1 unspecified atom stereocenters. The van der Waals surface area contributed by atoms with E-state index in [-0.39, 0.29) is 28.4 Å². The molecule has 1 aliphatic heterocycles. The van der Waals surface area contributed by atoms with Gasteiger partial charge in [-0.3, -0.25) is 4.79 Å². The Hall–Kier alpha value is -2.99. The minimum absolute atomic E-state index is 0.128. The van der Waals surface area contributed by atoms with E-state index in [1.54, 1.807) is 59.5 Å². The van der Waals surface area contributed by atoms with Gasteiger partial charge in [-0.2, -0.15) is 0 Å². The predicted molar refractivity (Wildman–Crippen MR) is 118 cm³/mol. The normalized spacial score (nSPS) is 16.1. The van der Waals surface area contributed by atoms with Gasteiger partial charge >= 0.3 is 0 Å². The van der Waals surface area contributed by atoms with Crippen LogP contribution in [0.5, 0.6) is 0 Å². The number of amides is 1. The van der Waals surface area contributed by atoms with Gasteiger partial charge in [-0.1, -0.05) is 35.9 Å². The largest absolute Gasteiger partial charge is 0.332 e. The molecule has 0 radical (unpaired) electrons. The van der Waals surface area contributed by atoms with Gasteiger partial charge in [0.1, 0.15) is 5.82 Å². The fourth-order valence-corrected chi connectivity index (χ4v) is 5.37. The minimum Gasteiger partial charge on any atom is -0.332 e. The molecule has 3 aromatic carbocycles. The third kappa shape index (κ3) is 4.39. The summed E-state index contributed by atoms with van der Waals surface area (Å²) in [4.78, 5) is 15.1. The summed E-state index contributed by atoms with van der Waals surface area (Å²) in [5, 5.41) is 0. The van der Waals surface area contributed by atoms with Gasteiger partial charge in [0.15, 0.2) is 9.84 Å². The first-order valence-electron chi connectivity index (χ1n) is 10.2. The number of benzene rings is 3. The van der Waals surface area contributed by atoms with Crippen molar-refractivity contribution in [2.45, 2.75) is 37.0 Å². The van der Waals surface area contributed by atoms with Crippen molar-refractivity contribution in [2.24, 2.45) is 0 Å². The summed E-state index contributed by atoms with van der Waals surface area (Å²) in [7, 11) is -3.46. The van der Waals surface area contributed by atoms with E-state index in [1.807, 2.05) is 13.8 Å². The summed E-state index contributed by atoms with van der Waals surface area (Å²) in [5.41, 5.74) is 4.01. The lowest BCUT2D eigenvalue weighted by Crippen LogP contribution is -2.38. The van der Waals surface area contributed by atoms with Crippen molar-refractivity contribution in [1.29, 1.82) is 0 Å². The number of hydrogen-bond donors (Lipinski definition) is 0. The molecule has 1 aliphatic rings. The molecule has 0 fully saturated rings. The Morgan fingerprint density at radius 1 is 1.03 bits per heavy atom. The van der Waals surface area contributed by atoms with Gasteiger partial charge in [-0.15, -0.1) is 0 Å². The van der Waals surface area contributed by atoms with E-state index in [9.17, 15) is 17.6 Å². The van der Waals surface area contributed by atoms with Gasteiger partial charge in [0.25, 0.3) is 5.91 Å². The smallest absolute Gasteiger partial charge is 0.254 e. The number of fused-ring (bicyclic) bond motifs is 1. The van der Waals surface area contributed by atoms with Gasteiger partial charge in [0.2, 0.25) is 0 Å². The fraction of sp³-hybridized carbons (Fsp3) is 0.240. The summed E-state index contributed by atoms with van der Waals surface area (Å²) in [6, 6.07) is 18.0. The molecular formula is C25H24FNO3S. The second-order valence-electron chi connectivity index (χ2n) is 8.04. The zero-order valence-corrected chi connectivity index (χ0v) is 18.3. The molecule has 3 aromatic rings. The first-order chi connectivity index (χ1) is 14.7. The van der Waals surface area contributed by atoms with E-state index in [4.69, 9.17) is 0 Å². The second kappa shape index (κ2) is 8.27. The number of rotatable bonds is 4. The first kappa shape index (κ1) is 21.2. The number of hydrogen-bond acceptors (Lipinski definition) is 3. The number of carbonyl (C=O) groups is 1. The fourth-order valence-electron chi connectivity index (χ4n) is 4.02. The van der Waals surface area contributed by atoms with Crippen molar-refractivity contribution < 1.29 is 17.6 Å². The third-order valence-corrected chi connectivity index (χ3v) is 7.55. The van der Waals surface area contributed by atoms with Gasteiger partial charge in [0, 0.05) is 12.1 Å². The van der Waals surface area contributed by atoms with Gasteiger partial charge in [-0.05, 0) is 73.4 Å². The quantitative estimate of drug-likeness (QED) is 0.585. The standard InChI is InChI=1S/C25H24FNO3S/c1-17-3-11-23(12-4-17)31(29,30)16-19-5-7-21(8-6-19)25(28)27-14-13-20-9-10-22(26)15-24(20)18(27)2/h3-12,15,18H,13-14,16H2,1-2H3. The number of nitrogens with zero attached hydrogens (tertiary/aromatic N) is 1. The molecule has 0 aromatic heterocycles. The maximum atomic E-state index is 13.7. The first-order valence-corrected chi connectivity index (χ1v) is 11.9. The zero-order valence-electron chi connectivity index (χ0n) is 17.5. The van der Waals surface area contributed by atoms with Gasteiger partial charge in [-0.25, -0.2) is 12.8 Å². The maximum Gasteiger partial charge on any atom is 0.254 e. The Kier molecular flexibility index (Phi) is 5.67. The predicted octanol–water partition coefficient (Wildman–Crippen LogP) is 4.87. The van der Waals surface area contributed by atoms with Crippen LogP contribution in [0.25, 0.3) is 0 Å². The molecule has 0 saturated heterocycles. The Labute approximate surface area is 182 Å². The highest BCUT2D eigenvalue weighted by Crippen LogP contribution is 2.31. The van der Waals surface area contributed by atoms with E-state index < -0.39 is 9.84 Å². The van der Waals surface area contributed by atoms with E-state index in [0.717, 1.165) is 16.7 Å². The Balaban J connectivity index is 1.50. The highest BCUT2D eigenvalue weighted by atomic mass is 32.2. The Bertz CT molecular complexity index is 1220. The van der Waals surface area contributed by atoms with Crippen molar-refractivity contribution in [3.8, 4) is 0 Å². The SMILES string of the molecule is Cc1ccc(S(=O)(=O)Cc2ccc(C(=O)N3CCc4ccc(F)cc4C3C)cc2)cc1. The van der Waals surface area contributed by atoms with Gasteiger partial charge in [0.05, 0.1) is 16.7 Å². The van der Waals surface area contributed by atoms with Crippen LogP contribution in [-0.2, 0) is 22.0 Å². The van der Waals surface area contributed by atoms with E-state index in [2.05, 4.69) is 0 Å². The minimum atomic E-state index is -3.46. The molecule has 4 nitrogen and oxygen atoms in total. The molecule has 31 heavy (non-hydrogen) atoms. The lowest BCUT2D eigenvalue weighted by molar-refractivity contribution is 0.0677. The van der Waals surface area contributed by atoms with Crippen LogP contribution in [-0.4, -0.2) is 25.8 Å². The molecule has 1 atom stereocenters. The van der Waals surface area contributed by atoms with Gasteiger partial charge < -0.3 is 4.90 Å². The number of aryl methyl sites for hydroxylation is 1. The highest BCUT2D eigenvalue weighted by Gasteiger charge is 2.28. The number of carbonyl (C=O) groups excluding carboxylic acids is 1. The molecule has 0 aliphatic carbocycles. The molecule has 6 heteroatoms. The molecule has 4 rings (SSSR count). The monoisotopic (exact) mass is 437 g/mol. The highest BCUT2D eigenvalue weighted by molar-refractivity contribution is 7.90. The summed E-state index contributed by atoms with van der Waals surface area (Å²) >= 11 is 0. The van der Waals surface area contributed by atoms with Crippen molar-refractivity contribution in [3.05, 3.63) is 100 Å². The molecule has 0 saturated carbocycles. The molecule has 0 N–H and O–H groups in total. The molecule has 0 spiro atoms. The van der Waals surface area contributed by atoms with E-state index >= 15 is 0 Å². The average molecular weight is 438 g/mol. The Morgan fingerprint density at radius 3 is 2.39 bits per heavy atom. The summed E-state index contributed by atoms with van der Waals surface area (Å²) < 4.78 is 39.0. The van der Waals surface area contributed by atoms with Crippen LogP contribution in [0, 0.1) is 12.7 Å². The molecule has 0 bridgehead atoms. The molecule has 1 heterocycles. The molecular weight excluding hydrogens is 413 g/mol. The lowest BCUT2D eigenvalue weighted by Gasteiger charge is -2.35. The van der Waals surface area contributed by atoms with Crippen LogP contribution in [0.3, 0.4) is 0 Å². The number of halogens is 1. The second-order valence-corrected chi connectivity index (χ2v) is 10.0. The third-order valence-electron chi connectivity index (χ3n) is 5.85. The van der Waals surface area contributed by atoms with Crippen LogP contribution in [0.2, 0.25) is 0 Å². The van der Waals surface area contributed by atoms with Crippen LogP contribution in [0.4, 0.5) is 4.39 Å². The van der Waals surface area contributed by atoms with E-state index in [0.29, 0.717) is 24.1 Å². The summed E-state index contributed by atoms with van der Waals surface area (Å²) in [6.45, 7) is 4.37. The van der Waals surface area contributed by atoms with E-state index in [1.165, 1.54) is 12.1 Å². The van der Waals surface area contributed by atoms with Crippen LogP contribution >= 0.6 is 0 Å². The van der Waals surface area contributed by atoms with Crippen molar-refractivity contribution in [1.82, 2.24) is 4.90 Å². The molecule has 160 valence electrons. The Morgan fingerprint density at radius 2 is 1.71 bits per heavy atom. The molecule has 1 amide bonds. The topological polar surface area (TPSA) is 54.5 Å². The zero-order chi connectivity index (χ0) is 22.2. The van der Waals surface area contributed by atoms with Crippen LogP contribution in [0.15, 0.2) is 71.6 Å². The van der Waals surface area contributed by atoms with Crippen LogP contribution < -0.4 is 0 Å². The van der Waals surface area contributed by atoms with Crippen molar-refractivity contribution >= 4 is 15.7 Å². The van der Waals surface area contributed by atoms with Crippen molar-refractivity contribution in [2.75, 3.05) is 6.54 Å². The maximum absolute atomic E-state index is 13.7. The summed E-state index contributed by atoms with van der Waals surface area (Å²) in [6.07, 6.45) is 0.679. The van der Waals surface area contributed by atoms with Crippen LogP contribution in [0.1, 0.15) is 45.6 Å².